The Bertz CT molecular complexity index is 432. The molecule has 2 aliphatic heterocycles. The Morgan fingerprint density at radius 3 is 2.79 bits per heavy atom. The monoisotopic (exact) mass is 264 g/mol. The summed E-state index contributed by atoms with van der Waals surface area (Å²) in [6, 6.07) is 1.39. The lowest BCUT2D eigenvalue weighted by Gasteiger charge is -2.21. The lowest BCUT2D eigenvalue weighted by atomic mass is 10.1. The van der Waals surface area contributed by atoms with Crippen LogP contribution in [0.2, 0.25) is 0 Å². The van der Waals surface area contributed by atoms with Crippen LogP contribution in [0.5, 0.6) is 6.01 Å². The van der Waals surface area contributed by atoms with Gasteiger partial charge in [0.15, 0.2) is 0 Å². The Morgan fingerprint density at radius 1 is 1.16 bits per heavy atom. The van der Waals surface area contributed by atoms with Gasteiger partial charge in [-0.3, -0.25) is 4.90 Å². The number of rotatable bonds is 4. The van der Waals surface area contributed by atoms with Crippen molar-refractivity contribution >= 4 is 11.9 Å². The average Bonchev–Trinajstić information content (AvgIpc) is 3.03. The fraction of sp³-hybridized carbons (Fsp3) is 0.750. The molecule has 3 rings (SSSR count). The molecular weight excluding hydrogens is 244 g/mol. The Kier molecular flexibility index (Phi) is 3.37. The summed E-state index contributed by atoms with van der Waals surface area (Å²) in [5.41, 5.74) is 0. The van der Waals surface area contributed by atoms with Crippen LogP contribution in [-0.4, -0.2) is 59.2 Å². The molecule has 2 saturated heterocycles. The van der Waals surface area contributed by atoms with E-state index in [1.54, 1.807) is 14.2 Å². The molecule has 1 aromatic heterocycles. The van der Waals surface area contributed by atoms with Gasteiger partial charge in [0.2, 0.25) is 11.9 Å². The zero-order chi connectivity index (χ0) is 13.2. The zero-order valence-corrected chi connectivity index (χ0v) is 11.4. The summed E-state index contributed by atoms with van der Waals surface area (Å²) in [5, 5.41) is 6.36. The maximum absolute atomic E-state index is 5.10. The molecule has 7 heteroatoms. The van der Waals surface area contributed by atoms with Crippen LogP contribution in [0.4, 0.5) is 11.9 Å². The highest BCUT2D eigenvalue weighted by Gasteiger charge is 2.37. The Hall–Kier alpha value is -1.63. The summed E-state index contributed by atoms with van der Waals surface area (Å²) in [6.45, 7) is 2.40. The van der Waals surface area contributed by atoms with Crippen molar-refractivity contribution < 1.29 is 4.74 Å². The van der Waals surface area contributed by atoms with E-state index in [2.05, 4.69) is 30.5 Å². The molecule has 3 heterocycles. The van der Waals surface area contributed by atoms with Crippen molar-refractivity contribution in [3.8, 4) is 6.01 Å². The standard InChI is InChI=1S/C12H20N6O/c1-13-10-15-11(17-12(16-10)19-2)14-8-5-7-18-6-3-4-9(8)18/h8-9H,3-7H2,1-2H3,(H2,13,14,15,16,17). The van der Waals surface area contributed by atoms with E-state index < -0.39 is 0 Å². The molecule has 2 unspecified atom stereocenters. The number of methoxy groups -OCH3 is 1. The molecule has 2 atom stereocenters. The molecule has 0 bridgehead atoms. The largest absolute Gasteiger partial charge is 0.467 e. The predicted octanol–water partition coefficient (Wildman–Crippen LogP) is 0.570. The number of nitrogens with one attached hydrogen (secondary N) is 2. The van der Waals surface area contributed by atoms with Gasteiger partial charge in [0.1, 0.15) is 0 Å². The quantitative estimate of drug-likeness (QED) is 0.823. The third-order valence-corrected chi connectivity index (χ3v) is 3.94. The molecular formula is C12H20N6O. The fourth-order valence-electron chi connectivity index (χ4n) is 3.04. The summed E-state index contributed by atoms with van der Waals surface area (Å²) in [4.78, 5) is 15.3. The molecule has 2 aliphatic rings. The second-order valence-electron chi connectivity index (χ2n) is 5.00. The minimum atomic E-state index is 0.336. The van der Waals surface area contributed by atoms with E-state index in [4.69, 9.17) is 4.74 Å². The molecule has 0 saturated carbocycles. The van der Waals surface area contributed by atoms with Gasteiger partial charge in [0.25, 0.3) is 0 Å². The van der Waals surface area contributed by atoms with Gasteiger partial charge in [-0.15, -0.1) is 0 Å². The van der Waals surface area contributed by atoms with Gasteiger partial charge in [-0.05, 0) is 25.8 Å². The normalized spacial score (nSPS) is 26.2. The van der Waals surface area contributed by atoms with Crippen molar-refractivity contribution in [3.05, 3.63) is 0 Å². The molecule has 2 fully saturated rings. The summed E-state index contributed by atoms with van der Waals surface area (Å²) in [5.74, 6) is 1.12. The number of aromatic nitrogens is 3. The Balaban J connectivity index is 1.75. The van der Waals surface area contributed by atoms with E-state index in [1.807, 2.05) is 0 Å². The SMILES string of the molecule is CNc1nc(NC2CCN3CCCC23)nc(OC)n1. The first-order valence-electron chi connectivity index (χ1n) is 6.78. The zero-order valence-electron chi connectivity index (χ0n) is 11.4. The first-order valence-corrected chi connectivity index (χ1v) is 6.78. The lowest BCUT2D eigenvalue weighted by molar-refractivity contribution is 0.318. The number of ether oxygens (including phenoxy) is 1. The number of hydrogen-bond donors (Lipinski definition) is 2. The molecule has 0 aliphatic carbocycles. The molecule has 2 N–H and O–H groups in total. The summed E-state index contributed by atoms with van der Waals surface area (Å²) < 4.78 is 5.10. The summed E-state index contributed by atoms with van der Waals surface area (Å²) >= 11 is 0. The maximum Gasteiger partial charge on any atom is 0.322 e. The van der Waals surface area contributed by atoms with Crippen LogP contribution in [0.25, 0.3) is 0 Å². The minimum absolute atomic E-state index is 0.336. The van der Waals surface area contributed by atoms with Crippen LogP contribution in [0, 0.1) is 0 Å². The lowest BCUT2D eigenvalue weighted by Crippen LogP contribution is -2.34. The minimum Gasteiger partial charge on any atom is -0.467 e. The molecule has 19 heavy (non-hydrogen) atoms. The van der Waals surface area contributed by atoms with Crippen LogP contribution in [-0.2, 0) is 0 Å². The van der Waals surface area contributed by atoms with Gasteiger partial charge in [-0.1, -0.05) is 0 Å². The first kappa shape index (κ1) is 12.4. The predicted molar refractivity (Wildman–Crippen MR) is 72.5 cm³/mol. The molecule has 1 aromatic rings. The second-order valence-corrected chi connectivity index (χ2v) is 5.00. The van der Waals surface area contributed by atoms with Gasteiger partial charge >= 0.3 is 6.01 Å². The van der Waals surface area contributed by atoms with Gasteiger partial charge in [-0.25, -0.2) is 0 Å². The van der Waals surface area contributed by atoms with Gasteiger partial charge in [0.05, 0.1) is 7.11 Å². The number of nitrogens with zero attached hydrogens (tertiary/aromatic N) is 4. The fourth-order valence-corrected chi connectivity index (χ4v) is 3.04. The highest BCUT2D eigenvalue weighted by atomic mass is 16.5. The van der Waals surface area contributed by atoms with E-state index in [1.165, 1.54) is 25.9 Å². The van der Waals surface area contributed by atoms with Gasteiger partial charge < -0.3 is 15.4 Å². The van der Waals surface area contributed by atoms with E-state index in [9.17, 15) is 0 Å². The van der Waals surface area contributed by atoms with E-state index in [0.717, 1.165) is 6.42 Å². The van der Waals surface area contributed by atoms with Crippen LogP contribution >= 0.6 is 0 Å². The van der Waals surface area contributed by atoms with E-state index in [0.29, 0.717) is 30.0 Å². The average molecular weight is 264 g/mol. The summed E-state index contributed by atoms with van der Waals surface area (Å²) in [6.07, 6.45) is 3.71. The number of fused-ring (bicyclic) bond motifs is 1. The van der Waals surface area contributed by atoms with Crippen LogP contribution < -0.4 is 15.4 Å². The summed E-state index contributed by atoms with van der Waals surface area (Å²) in [7, 11) is 3.35. The highest BCUT2D eigenvalue weighted by Crippen LogP contribution is 2.29. The molecule has 7 nitrogen and oxygen atoms in total. The maximum atomic E-state index is 5.10. The van der Waals surface area contributed by atoms with Crippen molar-refractivity contribution in [2.75, 3.05) is 37.9 Å². The third kappa shape index (κ3) is 2.42. The van der Waals surface area contributed by atoms with Crippen LogP contribution in [0.3, 0.4) is 0 Å². The molecule has 0 aromatic carbocycles. The van der Waals surface area contributed by atoms with Crippen molar-refractivity contribution in [3.63, 3.8) is 0 Å². The second kappa shape index (κ2) is 5.16. The highest BCUT2D eigenvalue weighted by molar-refractivity contribution is 5.36. The number of hydrogen-bond acceptors (Lipinski definition) is 7. The Morgan fingerprint density at radius 2 is 2.00 bits per heavy atom. The van der Waals surface area contributed by atoms with Crippen LogP contribution in [0.1, 0.15) is 19.3 Å². The van der Waals surface area contributed by atoms with Crippen molar-refractivity contribution in [1.29, 1.82) is 0 Å². The molecule has 0 amide bonds. The Labute approximate surface area is 112 Å². The van der Waals surface area contributed by atoms with Crippen LogP contribution in [0.15, 0.2) is 0 Å². The number of anilines is 2. The van der Waals surface area contributed by atoms with Gasteiger partial charge in [-0.2, -0.15) is 15.0 Å². The van der Waals surface area contributed by atoms with Crippen molar-refractivity contribution in [1.82, 2.24) is 19.9 Å². The smallest absolute Gasteiger partial charge is 0.322 e. The third-order valence-electron chi connectivity index (χ3n) is 3.94. The molecule has 0 spiro atoms. The molecule has 0 radical (unpaired) electrons. The first-order chi connectivity index (χ1) is 9.30. The van der Waals surface area contributed by atoms with E-state index in [-0.39, 0.29) is 0 Å². The van der Waals surface area contributed by atoms with Crippen molar-refractivity contribution in [2.45, 2.75) is 31.3 Å². The van der Waals surface area contributed by atoms with Gasteiger partial charge in [0, 0.05) is 25.7 Å². The van der Waals surface area contributed by atoms with E-state index >= 15 is 0 Å². The molecule has 104 valence electrons. The van der Waals surface area contributed by atoms with Crippen molar-refractivity contribution in [2.24, 2.45) is 0 Å². The topological polar surface area (TPSA) is 75.2 Å².